The Hall–Kier alpha value is -4.29. The van der Waals surface area contributed by atoms with Gasteiger partial charge in [0, 0.05) is 29.1 Å². The third-order valence-corrected chi connectivity index (χ3v) is 15.1. The van der Waals surface area contributed by atoms with Crippen LogP contribution < -0.4 is 19.8 Å². The summed E-state index contributed by atoms with van der Waals surface area (Å²) in [6.07, 6.45) is 0. The molecule has 5 aromatic rings. The summed E-state index contributed by atoms with van der Waals surface area (Å²) >= 11 is 3.48. The minimum atomic E-state index is -4.08. The van der Waals surface area contributed by atoms with Gasteiger partial charge in [-0.15, -0.1) is 0 Å². The Balaban J connectivity index is 1.46. The maximum atomic E-state index is 13.3. The monoisotopic (exact) mass is 744 g/mol. The average molecular weight is 746 g/mol. The van der Waals surface area contributed by atoms with Gasteiger partial charge < -0.3 is 9.16 Å². The molecule has 0 spiro atoms. The first-order chi connectivity index (χ1) is 22.9. The van der Waals surface area contributed by atoms with Crippen LogP contribution in [0.25, 0.3) is 0 Å². The number of non-ortho nitro benzene ring substituents is 1. The van der Waals surface area contributed by atoms with Gasteiger partial charge in [0.05, 0.1) is 22.1 Å². The molecule has 0 radical (unpaired) electrons. The van der Waals surface area contributed by atoms with Crippen LogP contribution in [-0.4, -0.2) is 34.9 Å². The standard InChI is InChI=1S/C37H37BrN2O6SSi/c1-37(2,3)48(33-15-9-5-10-16-33,34-17-11-6-12-18-34)46-27-29(28-13-7-4-8-14-28)26-45-36-25-30(38)19-24-35(36)39-47(43,44)32-22-20-31(21-23-32)40(41)42/h4-25,29,39H,26-27H2,1-3H3/t29-/m0/s1. The summed E-state index contributed by atoms with van der Waals surface area (Å²) in [5.74, 6) is 0.118. The second-order valence-corrected chi connectivity index (χ2v) is 19.3. The lowest BCUT2D eigenvalue weighted by atomic mass is 10.0. The normalized spacial score (nSPS) is 12.7. The van der Waals surface area contributed by atoms with E-state index in [2.05, 4.69) is 90.0 Å². The molecule has 0 aliphatic heterocycles. The van der Waals surface area contributed by atoms with E-state index < -0.39 is 23.3 Å². The molecule has 5 aromatic carbocycles. The van der Waals surface area contributed by atoms with Crippen molar-refractivity contribution in [2.24, 2.45) is 0 Å². The lowest BCUT2D eigenvalue weighted by Crippen LogP contribution is -2.66. The van der Waals surface area contributed by atoms with Gasteiger partial charge in [0.1, 0.15) is 5.75 Å². The molecule has 48 heavy (non-hydrogen) atoms. The van der Waals surface area contributed by atoms with Crippen molar-refractivity contribution in [3.63, 3.8) is 0 Å². The summed E-state index contributed by atoms with van der Waals surface area (Å²) in [6.45, 7) is 7.26. The van der Waals surface area contributed by atoms with Gasteiger partial charge in [0.25, 0.3) is 24.0 Å². The van der Waals surface area contributed by atoms with Crippen molar-refractivity contribution in [3.8, 4) is 5.75 Å². The van der Waals surface area contributed by atoms with Gasteiger partial charge >= 0.3 is 0 Å². The van der Waals surface area contributed by atoms with E-state index >= 15 is 0 Å². The van der Waals surface area contributed by atoms with Crippen molar-refractivity contribution in [1.82, 2.24) is 0 Å². The van der Waals surface area contributed by atoms with Crippen LogP contribution in [0.4, 0.5) is 11.4 Å². The van der Waals surface area contributed by atoms with Gasteiger partial charge in [-0.3, -0.25) is 14.8 Å². The highest BCUT2D eigenvalue weighted by atomic mass is 79.9. The summed E-state index contributed by atoms with van der Waals surface area (Å²) < 4.78 is 43.6. The number of sulfonamides is 1. The number of benzene rings is 5. The zero-order valence-corrected chi connectivity index (χ0v) is 30.3. The van der Waals surface area contributed by atoms with Crippen molar-refractivity contribution in [2.75, 3.05) is 17.9 Å². The fourth-order valence-corrected chi connectivity index (χ4v) is 11.8. The predicted molar refractivity (Wildman–Crippen MR) is 196 cm³/mol. The Morgan fingerprint density at radius 3 is 1.85 bits per heavy atom. The predicted octanol–water partition coefficient (Wildman–Crippen LogP) is 7.90. The van der Waals surface area contributed by atoms with Crippen molar-refractivity contribution in [2.45, 2.75) is 36.6 Å². The number of hydrogen-bond donors (Lipinski definition) is 1. The van der Waals surface area contributed by atoms with E-state index in [1.165, 1.54) is 22.5 Å². The molecular formula is C37H37BrN2O6SSi. The molecule has 0 heterocycles. The van der Waals surface area contributed by atoms with E-state index in [1.807, 2.05) is 42.5 Å². The third-order valence-electron chi connectivity index (χ3n) is 8.17. The van der Waals surface area contributed by atoms with Gasteiger partial charge in [-0.1, -0.05) is 128 Å². The van der Waals surface area contributed by atoms with Crippen LogP contribution >= 0.6 is 15.9 Å². The van der Waals surface area contributed by atoms with Crippen molar-refractivity contribution >= 4 is 56.0 Å². The summed E-state index contributed by atoms with van der Waals surface area (Å²) in [5, 5.41) is 13.2. The van der Waals surface area contributed by atoms with Crippen LogP contribution in [0.15, 0.2) is 143 Å². The number of nitrogens with one attached hydrogen (secondary N) is 1. The number of nitrogens with zero attached hydrogens (tertiary/aromatic N) is 1. The van der Waals surface area contributed by atoms with Crippen molar-refractivity contribution < 1.29 is 22.5 Å². The number of halogens is 1. The molecule has 0 saturated carbocycles. The Kier molecular flexibility index (Phi) is 10.8. The molecule has 0 bridgehead atoms. The molecule has 0 amide bonds. The summed E-state index contributed by atoms with van der Waals surface area (Å²) in [5.41, 5.74) is 1.06. The molecule has 5 rings (SSSR count). The Morgan fingerprint density at radius 2 is 1.33 bits per heavy atom. The lowest BCUT2D eigenvalue weighted by molar-refractivity contribution is -0.384. The molecule has 248 valence electrons. The van der Waals surface area contributed by atoms with Gasteiger partial charge in [0.2, 0.25) is 0 Å². The lowest BCUT2D eigenvalue weighted by Gasteiger charge is -2.43. The van der Waals surface area contributed by atoms with Crippen molar-refractivity contribution in [3.05, 3.63) is 154 Å². The van der Waals surface area contributed by atoms with E-state index in [0.717, 1.165) is 17.7 Å². The van der Waals surface area contributed by atoms with E-state index in [9.17, 15) is 18.5 Å². The number of anilines is 1. The van der Waals surface area contributed by atoms with E-state index in [0.29, 0.717) is 16.8 Å². The van der Waals surface area contributed by atoms with Crippen LogP contribution in [-0.2, 0) is 14.4 Å². The molecule has 0 unspecified atom stereocenters. The Labute approximate surface area is 291 Å². The first-order valence-corrected chi connectivity index (χ1v) is 19.6. The van der Waals surface area contributed by atoms with Gasteiger partial charge in [0.15, 0.2) is 0 Å². The molecule has 0 aliphatic carbocycles. The quantitative estimate of drug-likeness (QED) is 0.0747. The number of ether oxygens (including phenoxy) is 1. The van der Waals surface area contributed by atoms with Crippen molar-refractivity contribution in [1.29, 1.82) is 0 Å². The number of nitro groups is 1. The third kappa shape index (κ3) is 7.87. The summed E-state index contributed by atoms with van der Waals surface area (Å²) in [4.78, 5) is 10.4. The first kappa shape index (κ1) is 35.0. The SMILES string of the molecule is CC(C)(C)[Si](OC[C@H](COc1cc(Br)ccc1NS(=O)(=O)c1ccc([N+](=O)[O-])cc1)c1ccccc1)(c1ccccc1)c1ccccc1. The minimum absolute atomic E-state index is 0.108. The van der Waals surface area contributed by atoms with Gasteiger partial charge in [-0.05, 0) is 51.3 Å². The molecule has 0 saturated heterocycles. The molecule has 0 aromatic heterocycles. The van der Waals surface area contributed by atoms with Gasteiger partial charge in [-0.25, -0.2) is 8.42 Å². The van der Waals surface area contributed by atoms with E-state index in [-0.39, 0.29) is 33.8 Å². The molecule has 1 atom stereocenters. The highest BCUT2D eigenvalue weighted by molar-refractivity contribution is 9.10. The Morgan fingerprint density at radius 1 is 0.792 bits per heavy atom. The number of nitro benzene ring substituents is 1. The van der Waals surface area contributed by atoms with Crippen LogP contribution in [0, 0.1) is 10.1 Å². The maximum Gasteiger partial charge on any atom is 0.269 e. The number of rotatable bonds is 13. The van der Waals surface area contributed by atoms with Crippen LogP contribution in [0.5, 0.6) is 5.75 Å². The average Bonchev–Trinajstić information content (AvgIpc) is 3.08. The molecular weight excluding hydrogens is 708 g/mol. The highest BCUT2D eigenvalue weighted by Crippen LogP contribution is 2.38. The van der Waals surface area contributed by atoms with Crippen LogP contribution in [0.3, 0.4) is 0 Å². The molecule has 1 N–H and O–H groups in total. The minimum Gasteiger partial charge on any atom is -0.491 e. The Bertz CT molecular complexity index is 1900. The van der Waals surface area contributed by atoms with E-state index in [4.69, 9.17) is 9.16 Å². The maximum absolute atomic E-state index is 13.3. The zero-order chi connectivity index (χ0) is 34.4. The zero-order valence-electron chi connectivity index (χ0n) is 26.9. The highest BCUT2D eigenvalue weighted by Gasteiger charge is 2.50. The fraction of sp³-hybridized carbons (Fsp3) is 0.189. The fourth-order valence-electron chi connectivity index (χ4n) is 5.79. The molecule has 0 fully saturated rings. The van der Waals surface area contributed by atoms with Crippen LogP contribution in [0.2, 0.25) is 5.04 Å². The van der Waals surface area contributed by atoms with E-state index in [1.54, 1.807) is 18.2 Å². The number of hydrogen-bond acceptors (Lipinski definition) is 6. The topological polar surface area (TPSA) is 108 Å². The second-order valence-electron chi connectivity index (χ2n) is 12.4. The van der Waals surface area contributed by atoms with Crippen LogP contribution in [0.1, 0.15) is 32.3 Å². The second kappa shape index (κ2) is 14.9. The first-order valence-electron chi connectivity index (χ1n) is 15.4. The smallest absolute Gasteiger partial charge is 0.269 e. The molecule has 11 heteroatoms. The van der Waals surface area contributed by atoms with Gasteiger partial charge in [-0.2, -0.15) is 0 Å². The molecule has 0 aliphatic rings. The largest absolute Gasteiger partial charge is 0.491 e. The molecule has 8 nitrogen and oxygen atoms in total. The summed E-state index contributed by atoms with van der Waals surface area (Å²) in [7, 11) is -6.93. The summed E-state index contributed by atoms with van der Waals surface area (Å²) in [6, 6.07) is 40.6.